The van der Waals surface area contributed by atoms with Crippen LogP contribution in [-0.2, 0) is 0 Å². The molecule has 0 aromatic rings. The van der Waals surface area contributed by atoms with Crippen LogP contribution in [0.3, 0.4) is 0 Å². The van der Waals surface area contributed by atoms with Crippen LogP contribution in [0.4, 0.5) is 0 Å². The minimum atomic E-state index is 0.682. The second kappa shape index (κ2) is 7.22. The van der Waals surface area contributed by atoms with Crippen molar-refractivity contribution in [3.05, 3.63) is 0 Å². The van der Waals surface area contributed by atoms with Gasteiger partial charge in [0.25, 0.3) is 0 Å². The lowest BCUT2D eigenvalue weighted by atomic mass is 10.1. The van der Waals surface area contributed by atoms with E-state index >= 15 is 0 Å². The molecule has 0 spiro atoms. The highest BCUT2D eigenvalue weighted by atomic mass is 15.3. The van der Waals surface area contributed by atoms with Gasteiger partial charge in [-0.2, -0.15) is 0 Å². The number of nitrogens with zero attached hydrogens (tertiary/aromatic N) is 3. The Hall–Kier alpha value is -0.160. The first-order chi connectivity index (χ1) is 7.63. The van der Waals surface area contributed by atoms with Gasteiger partial charge in [0, 0.05) is 32.2 Å². The van der Waals surface area contributed by atoms with Crippen molar-refractivity contribution < 1.29 is 0 Å². The van der Waals surface area contributed by atoms with Crippen LogP contribution in [0.5, 0.6) is 0 Å². The first-order valence-corrected chi connectivity index (χ1v) is 6.41. The lowest BCUT2D eigenvalue weighted by Gasteiger charge is -2.38. The first-order valence-electron chi connectivity index (χ1n) is 6.41. The van der Waals surface area contributed by atoms with Gasteiger partial charge in [-0.05, 0) is 47.1 Å². The number of nitrogens with two attached hydrogens (primary N) is 1. The number of hydrogen-bond donors (Lipinski definition) is 1. The SMILES string of the molecule is CN(C)CCC(CCN)N1CCN(C)CC1. The van der Waals surface area contributed by atoms with E-state index in [9.17, 15) is 0 Å². The molecule has 0 aromatic heterocycles. The second-order valence-electron chi connectivity index (χ2n) is 5.16. The summed E-state index contributed by atoms with van der Waals surface area (Å²) >= 11 is 0. The quantitative estimate of drug-likeness (QED) is 0.689. The molecule has 16 heavy (non-hydrogen) atoms. The van der Waals surface area contributed by atoms with E-state index in [1.165, 1.54) is 32.6 Å². The zero-order chi connectivity index (χ0) is 12.0. The van der Waals surface area contributed by atoms with E-state index in [1.54, 1.807) is 0 Å². The van der Waals surface area contributed by atoms with Crippen molar-refractivity contribution in [2.45, 2.75) is 18.9 Å². The van der Waals surface area contributed by atoms with Gasteiger partial charge in [0.05, 0.1) is 0 Å². The summed E-state index contributed by atoms with van der Waals surface area (Å²) in [6, 6.07) is 0.682. The normalized spacial score (nSPS) is 21.6. The maximum absolute atomic E-state index is 5.72. The largest absolute Gasteiger partial charge is 0.330 e. The maximum atomic E-state index is 5.72. The Balaban J connectivity index is 2.36. The third-order valence-electron chi connectivity index (χ3n) is 3.46. The van der Waals surface area contributed by atoms with Crippen molar-refractivity contribution in [2.24, 2.45) is 5.73 Å². The molecule has 0 bridgehead atoms. The molecule has 0 saturated carbocycles. The smallest absolute Gasteiger partial charge is 0.0120 e. The Kier molecular flexibility index (Phi) is 6.28. The standard InChI is InChI=1S/C12H28N4/c1-14(2)7-5-12(4-6-13)16-10-8-15(3)9-11-16/h12H,4-11,13H2,1-3H3. The Morgan fingerprint density at radius 2 is 1.75 bits per heavy atom. The molecular weight excluding hydrogens is 200 g/mol. The maximum Gasteiger partial charge on any atom is 0.0120 e. The first kappa shape index (κ1) is 13.9. The molecule has 1 unspecified atom stereocenters. The molecular formula is C12H28N4. The van der Waals surface area contributed by atoms with Gasteiger partial charge in [-0.25, -0.2) is 0 Å². The molecule has 0 amide bonds. The monoisotopic (exact) mass is 228 g/mol. The summed E-state index contributed by atoms with van der Waals surface area (Å²) in [7, 11) is 6.49. The molecule has 1 fully saturated rings. The van der Waals surface area contributed by atoms with Crippen molar-refractivity contribution >= 4 is 0 Å². The van der Waals surface area contributed by atoms with Crippen LogP contribution < -0.4 is 5.73 Å². The Bertz CT molecular complexity index is 176. The van der Waals surface area contributed by atoms with Crippen LogP contribution in [0.25, 0.3) is 0 Å². The average molecular weight is 228 g/mol. The second-order valence-corrected chi connectivity index (χ2v) is 5.16. The molecule has 1 atom stereocenters. The molecule has 0 aromatic carbocycles. The van der Waals surface area contributed by atoms with Gasteiger partial charge < -0.3 is 15.5 Å². The van der Waals surface area contributed by atoms with E-state index in [1.807, 2.05) is 0 Å². The van der Waals surface area contributed by atoms with E-state index in [0.717, 1.165) is 19.5 Å². The zero-order valence-electron chi connectivity index (χ0n) is 11.2. The van der Waals surface area contributed by atoms with E-state index in [-0.39, 0.29) is 0 Å². The summed E-state index contributed by atoms with van der Waals surface area (Å²) < 4.78 is 0. The van der Waals surface area contributed by atoms with Gasteiger partial charge in [-0.15, -0.1) is 0 Å². The summed E-state index contributed by atoms with van der Waals surface area (Å²) in [5, 5.41) is 0. The van der Waals surface area contributed by atoms with Crippen molar-refractivity contribution in [1.29, 1.82) is 0 Å². The molecule has 1 aliphatic heterocycles. The third-order valence-corrected chi connectivity index (χ3v) is 3.46. The summed E-state index contributed by atoms with van der Waals surface area (Å²) in [5.74, 6) is 0. The van der Waals surface area contributed by atoms with E-state index in [0.29, 0.717) is 6.04 Å². The molecule has 1 saturated heterocycles. The Morgan fingerprint density at radius 1 is 1.12 bits per heavy atom. The summed E-state index contributed by atoms with van der Waals surface area (Å²) in [5.41, 5.74) is 5.72. The van der Waals surface area contributed by atoms with Crippen molar-refractivity contribution in [3.63, 3.8) is 0 Å². The van der Waals surface area contributed by atoms with Crippen LogP contribution in [0.15, 0.2) is 0 Å². The predicted molar refractivity (Wildman–Crippen MR) is 69.7 cm³/mol. The summed E-state index contributed by atoms with van der Waals surface area (Å²) in [6.45, 7) is 6.77. The van der Waals surface area contributed by atoms with Crippen LogP contribution in [0, 0.1) is 0 Å². The molecule has 96 valence electrons. The highest BCUT2D eigenvalue weighted by Gasteiger charge is 2.21. The molecule has 4 heteroatoms. The van der Waals surface area contributed by atoms with Gasteiger partial charge in [0.1, 0.15) is 0 Å². The van der Waals surface area contributed by atoms with Crippen LogP contribution >= 0.6 is 0 Å². The predicted octanol–water partition coefficient (Wildman–Crippen LogP) is -0.0971. The Morgan fingerprint density at radius 3 is 2.25 bits per heavy atom. The van der Waals surface area contributed by atoms with E-state index in [2.05, 4.69) is 35.8 Å². The molecule has 2 N–H and O–H groups in total. The van der Waals surface area contributed by atoms with Crippen LogP contribution in [0.2, 0.25) is 0 Å². The van der Waals surface area contributed by atoms with E-state index < -0.39 is 0 Å². The highest BCUT2D eigenvalue weighted by molar-refractivity contribution is 4.78. The topological polar surface area (TPSA) is 35.7 Å². The van der Waals surface area contributed by atoms with Crippen molar-refractivity contribution in [3.8, 4) is 0 Å². The fourth-order valence-electron chi connectivity index (χ4n) is 2.30. The molecule has 1 aliphatic rings. The van der Waals surface area contributed by atoms with Gasteiger partial charge in [0.2, 0.25) is 0 Å². The molecule has 0 radical (unpaired) electrons. The van der Waals surface area contributed by atoms with E-state index in [4.69, 9.17) is 5.73 Å². The molecule has 0 aliphatic carbocycles. The minimum Gasteiger partial charge on any atom is -0.330 e. The highest BCUT2D eigenvalue weighted by Crippen LogP contribution is 2.11. The number of hydrogen-bond acceptors (Lipinski definition) is 4. The van der Waals surface area contributed by atoms with Crippen LogP contribution in [-0.4, -0.2) is 81.2 Å². The number of piperazine rings is 1. The van der Waals surface area contributed by atoms with Crippen LogP contribution in [0.1, 0.15) is 12.8 Å². The van der Waals surface area contributed by atoms with Crippen molar-refractivity contribution in [2.75, 3.05) is 60.4 Å². The lowest BCUT2D eigenvalue weighted by Crippen LogP contribution is -2.50. The van der Waals surface area contributed by atoms with Gasteiger partial charge in [-0.3, -0.25) is 4.90 Å². The fourth-order valence-corrected chi connectivity index (χ4v) is 2.30. The molecule has 4 nitrogen and oxygen atoms in total. The zero-order valence-corrected chi connectivity index (χ0v) is 11.2. The summed E-state index contributed by atoms with van der Waals surface area (Å²) in [4.78, 5) is 7.29. The van der Waals surface area contributed by atoms with Crippen molar-refractivity contribution in [1.82, 2.24) is 14.7 Å². The number of likely N-dealkylation sites (N-methyl/N-ethyl adjacent to an activating group) is 1. The fraction of sp³-hybridized carbons (Fsp3) is 1.00. The third kappa shape index (κ3) is 4.78. The molecule has 1 rings (SSSR count). The minimum absolute atomic E-state index is 0.682. The van der Waals surface area contributed by atoms with Gasteiger partial charge in [-0.1, -0.05) is 0 Å². The average Bonchev–Trinajstić information content (AvgIpc) is 2.25. The van der Waals surface area contributed by atoms with Gasteiger partial charge >= 0.3 is 0 Å². The number of rotatable bonds is 6. The lowest BCUT2D eigenvalue weighted by molar-refractivity contribution is 0.0989. The van der Waals surface area contributed by atoms with Gasteiger partial charge in [0.15, 0.2) is 0 Å². The summed E-state index contributed by atoms with van der Waals surface area (Å²) in [6.07, 6.45) is 2.38. The Labute approximate surface area is 100 Å². The molecule has 1 heterocycles.